The first kappa shape index (κ1) is 21.9. The second-order valence-electron chi connectivity index (χ2n) is 6.70. The van der Waals surface area contributed by atoms with E-state index in [0.29, 0.717) is 6.54 Å². The van der Waals surface area contributed by atoms with Crippen molar-refractivity contribution in [1.82, 2.24) is 4.90 Å². The second kappa shape index (κ2) is 15.7. The number of aliphatic hydroxyl groups excluding tert-OH is 1. The molecule has 2 nitrogen and oxygen atoms in total. The van der Waals surface area contributed by atoms with Gasteiger partial charge in [0.2, 0.25) is 0 Å². The quantitative estimate of drug-likeness (QED) is 0.307. The summed E-state index contributed by atoms with van der Waals surface area (Å²) < 4.78 is 0. The van der Waals surface area contributed by atoms with E-state index in [-0.39, 0.29) is 6.10 Å². The third-order valence-electron chi connectivity index (χ3n) is 4.21. The molecule has 0 aromatic rings. The minimum absolute atomic E-state index is 0.296. The summed E-state index contributed by atoms with van der Waals surface area (Å²) in [5, 5.41) is 9.46. The van der Waals surface area contributed by atoms with Crippen LogP contribution in [0.5, 0.6) is 0 Å². The van der Waals surface area contributed by atoms with Crippen LogP contribution in [0, 0.1) is 0 Å². The van der Waals surface area contributed by atoms with Crippen LogP contribution in [-0.4, -0.2) is 34.2 Å². The number of aliphatic hydroxyl groups is 1. The fourth-order valence-corrected chi connectivity index (χ4v) is 3.01. The van der Waals surface area contributed by atoms with Crippen molar-refractivity contribution in [1.29, 1.82) is 0 Å². The summed E-state index contributed by atoms with van der Waals surface area (Å²) in [6, 6.07) is 0. The zero-order chi connectivity index (χ0) is 16.6. The van der Waals surface area contributed by atoms with E-state index >= 15 is 0 Å². The lowest BCUT2D eigenvalue weighted by Gasteiger charge is -2.24. The van der Waals surface area contributed by atoms with Crippen molar-refractivity contribution < 1.29 is 5.11 Å². The van der Waals surface area contributed by atoms with Crippen molar-refractivity contribution in [3.63, 3.8) is 0 Å². The van der Waals surface area contributed by atoms with Gasteiger partial charge in [0, 0.05) is 13.1 Å². The molecule has 0 heterocycles. The van der Waals surface area contributed by atoms with E-state index in [9.17, 15) is 5.11 Å². The van der Waals surface area contributed by atoms with Gasteiger partial charge in [-0.25, -0.2) is 0 Å². The Kier molecular flexibility index (Phi) is 15.6. The Balaban J connectivity index is 3.33. The summed E-state index contributed by atoms with van der Waals surface area (Å²) in [7, 11) is 0. The van der Waals surface area contributed by atoms with Gasteiger partial charge in [0.05, 0.1) is 11.1 Å². The van der Waals surface area contributed by atoms with Crippen LogP contribution in [-0.2, 0) is 0 Å². The zero-order valence-corrected chi connectivity index (χ0v) is 16.1. The Labute approximate surface area is 144 Å². The van der Waals surface area contributed by atoms with E-state index in [0.717, 1.165) is 11.5 Å². The summed E-state index contributed by atoms with van der Waals surface area (Å²) in [5.74, 6) is 0. The molecule has 0 fully saturated rings. The first-order chi connectivity index (χ1) is 10.6. The average molecular weight is 330 g/mol. The number of unbranched alkanes of at least 4 members (excludes halogenated alkanes) is 11. The molecule has 132 valence electrons. The Morgan fingerprint density at radius 2 is 1.27 bits per heavy atom. The first-order valence-electron chi connectivity index (χ1n) is 9.51. The van der Waals surface area contributed by atoms with Crippen LogP contribution in [0.4, 0.5) is 0 Å². The van der Waals surface area contributed by atoms with Crippen molar-refractivity contribution in [3.05, 3.63) is 0 Å². The molecule has 0 saturated carbocycles. The van der Waals surface area contributed by atoms with Gasteiger partial charge in [0.1, 0.15) is 0 Å². The molecule has 3 heteroatoms. The van der Waals surface area contributed by atoms with Gasteiger partial charge in [-0.05, 0) is 20.3 Å². The number of rotatable bonds is 15. The highest BCUT2D eigenvalue weighted by atomic mass is 32.1. The van der Waals surface area contributed by atoms with Gasteiger partial charge in [-0.1, -0.05) is 89.8 Å². The molecule has 1 N–H and O–H groups in total. The molecule has 0 rings (SSSR count). The summed E-state index contributed by atoms with van der Waals surface area (Å²) >= 11 is 5.24. The predicted molar refractivity (Wildman–Crippen MR) is 103 cm³/mol. The van der Waals surface area contributed by atoms with Gasteiger partial charge in [-0.3, -0.25) is 0 Å². The van der Waals surface area contributed by atoms with Crippen molar-refractivity contribution in [2.45, 2.75) is 104 Å². The van der Waals surface area contributed by atoms with Gasteiger partial charge >= 0.3 is 0 Å². The second-order valence-corrected chi connectivity index (χ2v) is 7.29. The van der Waals surface area contributed by atoms with E-state index in [1.165, 1.54) is 77.0 Å². The molecule has 22 heavy (non-hydrogen) atoms. The highest BCUT2D eigenvalue weighted by Gasteiger charge is 2.07. The lowest BCUT2D eigenvalue weighted by Crippen LogP contribution is -2.34. The van der Waals surface area contributed by atoms with Crippen molar-refractivity contribution in [2.75, 3.05) is 13.1 Å². The number of thiocarbonyl (C=S) groups is 1. The molecule has 0 bridgehead atoms. The maximum atomic E-state index is 9.46. The molecule has 0 aliphatic carbocycles. The Hall–Kier alpha value is -0.150. The van der Waals surface area contributed by atoms with Crippen LogP contribution in [0.2, 0.25) is 0 Å². The lowest BCUT2D eigenvalue weighted by molar-refractivity contribution is 0.159. The molecule has 1 unspecified atom stereocenters. The first-order valence-corrected chi connectivity index (χ1v) is 9.92. The highest BCUT2D eigenvalue weighted by Crippen LogP contribution is 2.12. The van der Waals surface area contributed by atoms with Gasteiger partial charge in [-0.2, -0.15) is 0 Å². The molecule has 0 amide bonds. The number of hydrogen-bond donors (Lipinski definition) is 1. The van der Waals surface area contributed by atoms with E-state index in [1.807, 2.05) is 13.8 Å². The largest absolute Gasteiger partial charge is 0.392 e. The van der Waals surface area contributed by atoms with Gasteiger partial charge in [0.25, 0.3) is 0 Å². The fourth-order valence-electron chi connectivity index (χ4n) is 2.84. The van der Waals surface area contributed by atoms with Crippen molar-refractivity contribution in [2.24, 2.45) is 0 Å². The Morgan fingerprint density at radius 3 is 1.64 bits per heavy atom. The molecular weight excluding hydrogens is 290 g/mol. The van der Waals surface area contributed by atoms with Crippen LogP contribution in [0.3, 0.4) is 0 Å². The van der Waals surface area contributed by atoms with E-state index in [2.05, 4.69) is 11.8 Å². The molecule has 1 atom stereocenters. The predicted octanol–water partition coefficient (Wildman–Crippen LogP) is 5.72. The third kappa shape index (κ3) is 14.8. The van der Waals surface area contributed by atoms with Gasteiger partial charge < -0.3 is 10.0 Å². The maximum Gasteiger partial charge on any atom is 0.0748 e. The molecule has 0 aromatic carbocycles. The maximum absolute atomic E-state index is 9.46. The molecule has 0 aliphatic rings. The molecule has 0 aliphatic heterocycles. The van der Waals surface area contributed by atoms with E-state index in [4.69, 9.17) is 12.2 Å². The smallest absolute Gasteiger partial charge is 0.0748 e. The minimum atomic E-state index is -0.296. The van der Waals surface area contributed by atoms with Gasteiger partial charge in [0.15, 0.2) is 0 Å². The third-order valence-corrected chi connectivity index (χ3v) is 4.47. The zero-order valence-electron chi connectivity index (χ0n) is 15.3. The lowest BCUT2D eigenvalue weighted by atomic mass is 10.1. The summed E-state index contributed by atoms with van der Waals surface area (Å²) in [5.41, 5.74) is 0. The topological polar surface area (TPSA) is 23.5 Å². The highest BCUT2D eigenvalue weighted by molar-refractivity contribution is 7.80. The van der Waals surface area contributed by atoms with E-state index in [1.54, 1.807) is 0 Å². The Bertz CT molecular complexity index is 256. The summed E-state index contributed by atoms with van der Waals surface area (Å²) in [6.07, 6.45) is 16.2. The average Bonchev–Trinajstić information content (AvgIpc) is 2.46. The number of nitrogens with zero attached hydrogens (tertiary/aromatic N) is 1. The molecule has 0 aromatic heterocycles. The summed E-state index contributed by atoms with van der Waals surface area (Å²) in [6.45, 7) is 7.73. The minimum Gasteiger partial charge on any atom is -0.392 e. The molecule has 0 spiro atoms. The Morgan fingerprint density at radius 1 is 0.864 bits per heavy atom. The van der Waals surface area contributed by atoms with E-state index < -0.39 is 0 Å². The van der Waals surface area contributed by atoms with Crippen LogP contribution in [0.25, 0.3) is 0 Å². The molecule has 0 radical (unpaired) electrons. The molecule has 0 saturated heterocycles. The van der Waals surface area contributed by atoms with Crippen molar-refractivity contribution >= 4 is 17.2 Å². The van der Waals surface area contributed by atoms with Crippen LogP contribution in [0.15, 0.2) is 0 Å². The fraction of sp³-hybridized carbons (Fsp3) is 0.947. The van der Waals surface area contributed by atoms with Crippen LogP contribution in [0.1, 0.15) is 97.8 Å². The monoisotopic (exact) mass is 329 g/mol. The van der Waals surface area contributed by atoms with Crippen LogP contribution < -0.4 is 0 Å². The number of hydrogen-bond acceptors (Lipinski definition) is 2. The standard InChI is InChI=1S/C19H39NOS/c1-4-5-6-7-8-9-10-11-12-13-14-15-16-20(19(3)22)17-18(2)21/h18,21H,4-17H2,1-3H3. The molecular formula is C19H39NOS. The van der Waals surface area contributed by atoms with Crippen LogP contribution >= 0.6 is 12.2 Å². The SMILES string of the molecule is CCCCCCCCCCCCCCN(CC(C)O)C(C)=S. The van der Waals surface area contributed by atoms with Gasteiger partial charge in [-0.15, -0.1) is 0 Å². The normalized spacial score (nSPS) is 12.4. The van der Waals surface area contributed by atoms with Crippen molar-refractivity contribution in [3.8, 4) is 0 Å². The summed E-state index contributed by atoms with van der Waals surface area (Å²) in [4.78, 5) is 3.04.